The van der Waals surface area contributed by atoms with Crippen LogP contribution in [0, 0.1) is 0 Å². The lowest BCUT2D eigenvalue weighted by molar-refractivity contribution is 0.248. The molecule has 0 saturated carbocycles. The molecule has 0 saturated heterocycles. The van der Waals surface area contributed by atoms with E-state index >= 15 is 0 Å². The van der Waals surface area contributed by atoms with Crippen LogP contribution in [-0.4, -0.2) is 12.3 Å². The molecule has 0 unspecified atom stereocenters. The minimum absolute atomic E-state index is 0.490. The standard InChI is InChI=1S/C9H12N2OS/c1-13-8-5-3-2-4-7(8)6-11-9(10)12/h2-5H,6H2,1H3,(H3,10,11,12). The molecule has 70 valence electrons. The highest BCUT2D eigenvalue weighted by Gasteiger charge is 2.00. The van der Waals surface area contributed by atoms with Crippen molar-refractivity contribution in [3.05, 3.63) is 29.8 Å². The van der Waals surface area contributed by atoms with Gasteiger partial charge in [0, 0.05) is 11.4 Å². The largest absolute Gasteiger partial charge is 0.352 e. The topological polar surface area (TPSA) is 55.1 Å². The Labute approximate surface area is 81.7 Å². The number of amides is 2. The molecular formula is C9H12N2OS. The van der Waals surface area contributed by atoms with Gasteiger partial charge in [0.05, 0.1) is 0 Å². The number of rotatable bonds is 3. The van der Waals surface area contributed by atoms with Gasteiger partial charge in [0.1, 0.15) is 0 Å². The third-order valence-corrected chi connectivity index (χ3v) is 2.48. The number of hydrogen-bond acceptors (Lipinski definition) is 2. The van der Waals surface area contributed by atoms with E-state index in [9.17, 15) is 4.79 Å². The molecule has 0 radical (unpaired) electrons. The van der Waals surface area contributed by atoms with E-state index in [0.29, 0.717) is 6.54 Å². The second-order valence-corrected chi connectivity index (χ2v) is 3.38. The molecule has 1 aromatic carbocycles. The number of nitrogens with one attached hydrogen (secondary N) is 1. The zero-order valence-electron chi connectivity index (χ0n) is 7.41. The summed E-state index contributed by atoms with van der Waals surface area (Å²) in [5.41, 5.74) is 6.07. The van der Waals surface area contributed by atoms with E-state index in [2.05, 4.69) is 5.32 Å². The van der Waals surface area contributed by atoms with Crippen LogP contribution < -0.4 is 11.1 Å². The highest BCUT2D eigenvalue weighted by Crippen LogP contribution is 2.19. The average molecular weight is 196 g/mol. The maximum absolute atomic E-state index is 10.5. The molecule has 3 N–H and O–H groups in total. The molecule has 13 heavy (non-hydrogen) atoms. The molecule has 2 amide bonds. The van der Waals surface area contributed by atoms with Gasteiger partial charge in [-0.2, -0.15) is 0 Å². The summed E-state index contributed by atoms with van der Waals surface area (Å²) in [6.45, 7) is 0.492. The van der Waals surface area contributed by atoms with Gasteiger partial charge in [0.2, 0.25) is 0 Å². The smallest absolute Gasteiger partial charge is 0.312 e. The highest BCUT2D eigenvalue weighted by molar-refractivity contribution is 7.98. The van der Waals surface area contributed by atoms with Gasteiger partial charge < -0.3 is 11.1 Å². The fraction of sp³-hybridized carbons (Fsp3) is 0.222. The van der Waals surface area contributed by atoms with Crippen LogP contribution in [0.25, 0.3) is 0 Å². The molecule has 0 aromatic heterocycles. The van der Waals surface area contributed by atoms with E-state index in [1.807, 2.05) is 30.5 Å². The third kappa shape index (κ3) is 2.99. The van der Waals surface area contributed by atoms with Crippen molar-refractivity contribution in [3.8, 4) is 0 Å². The van der Waals surface area contributed by atoms with Gasteiger partial charge in [-0.1, -0.05) is 18.2 Å². The number of thioether (sulfide) groups is 1. The minimum atomic E-state index is -0.490. The van der Waals surface area contributed by atoms with Crippen LogP contribution in [-0.2, 0) is 6.54 Å². The molecule has 0 bridgehead atoms. The Hall–Kier alpha value is -1.16. The summed E-state index contributed by atoms with van der Waals surface area (Å²) < 4.78 is 0. The zero-order chi connectivity index (χ0) is 9.68. The van der Waals surface area contributed by atoms with Crippen molar-refractivity contribution in [3.63, 3.8) is 0 Å². The van der Waals surface area contributed by atoms with Crippen molar-refractivity contribution < 1.29 is 4.79 Å². The average Bonchev–Trinajstić information content (AvgIpc) is 2.15. The molecular weight excluding hydrogens is 184 g/mol. The Morgan fingerprint density at radius 3 is 2.85 bits per heavy atom. The molecule has 0 spiro atoms. The first kappa shape index (κ1) is 9.92. The number of hydrogen-bond donors (Lipinski definition) is 2. The second-order valence-electron chi connectivity index (χ2n) is 2.53. The molecule has 3 nitrogen and oxygen atoms in total. The summed E-state index contributed by atoms with van der Waals surface area (Å²) in [7, 11) is 0. The predicted molar refractivity (Wildman–Crippen MR) is 54.6 cm³/mol. The van der Waals surface area contributed by atoms with Gasteiger partial charge in [-0.05, 0) is 17.9 Å². The fourth-order valence-electron chi connectivity index (χ4n) is 1.03. The van der Waals surface area contributed by atoms with Gasteiger partial charge >= 0.3 is 6.03 Å². The van der Waals surface area contributed by atoms with Crippen LogP contribution >= 0.6 is 11.8 Å². The first-order valence-corrected chi connectivity index (χ1v) is 5.11. The Morgan fingerprint density at radius 1 is 1.54 bits per heavy atom. The summed E-state index contributed by atoms with van der Waals surface area (Å²) in [5.74, 6) is 0. The summed E-state index contributed by atoms with van der Waals surface area (Å²) in [6, 6.07) is 7.41. The van der Waals surface area contributed by atoms with Crippen LogP contribution in [0.15, 0.2) is 29.2 Å². The number of carbonyl (C=O) groups excluding carboxylic acids is 1. The Balaban J connectivity index is 2.69. The monoisotopic (exact) mass is 196 g/mol. The highest BCUT2D eigenvalue weighted by atomic mass is 32.2. The van der Waals surface area contributed by atoms with Crippen molar-refractivity contribution >= 4 is 17.8 Å². The summed E-state index contributed by atoms with van der Waals surface area (Å²) in [5, 5.41) is 2.56. The molecule has 1 rings (SSSR count). The predicted octanol–water partition coefficient (Wildman–Crippen LogP) is 1.58. The fourth-order valence-corrected chi connectivity index (χ4v) is 1.65. The van der Waals surface area contributed by atoms with Crippen LogP contribution in [0.2, 0.25) is 0 Å². The van der Waals surface area contributed by atoms with Crippen molar-refractivity contribution in [2.24, 2.45) is 5.73 Å². The molecule has 1 aromatic rings. The first-order valence-electron chi connectivity index (χ1n) is 3.89. The van der Waals surface area contributed by atoms with E-state index in [4.69, 9.17) is 5.73 Å². The lowest BCUT2D eigenvalue weighted by Gasteiger charge is -2.06. The number of nitrogens with two attached hydrogens (primary N) is 1. The summed E-state index contributed by atoms with van der Waals surface area (Å²) >= 11 is 1.65. The SMILES string of the molecule is CSc1ccccc1CNC(N)=O. The van der Waals surface area contributed by atoms with Crippen molar-refractivity contribution in [1.82, 2.24) is 5.32 Å². The lowest BCUT2D eigenvalue weighted by atomic mass is 10.2. The maximum Gasteiger partial charge on any atom is 0.312 e. The van der Waals surface area contributed by atoms with E-state index in [1.165, 1.54) is 0 Å². The zero-order valence-corrected chi connectivity index (χ0v) is 8.23. The van der Waals surface area contributed by atoms with Gasteiger partial charge in [-0.15, -0.1) is 11.8 Å². The van der Waals surface area contributed by atoms with E-state index in [0.717, 1.165) is 10.5 Å². The van der Waals surface area contributed by atoms with E-state index in [-0.39, 0.29) is 0 Å². The van der Waals surface area contributed by atoms with Gasteiger partial charge in [0.15, 0.2) is 0 Å². The number of benzene rings is 1. The first-order chi connectivity index (χ1) is 6.24. The van der Waals surface area contributed by atoms with Crippen LogP contribution in [0.4, 0.5) is 4.79 Å². The van der Waals surface area contributed by atoms with Crippen LogP contribution in [0.1, 0.15) is 5.56 Å². The molecule has 0 aliphatic rings. The van der Waals surface area contributed by atoms with Crippen LogP contribution in [0.3, 0.4) is 0 Å². The molecule has 0 aliphatic heterocycles. The van der Waals surface area contributed by atoms with Crippen molar-refractivity contribution in [2.75, 3.05) is 6.26 Å². The normalized spacial score (nSPS) is 9.62. The van der Waals surface area contributed by atoms with E-state index < -0.39 is 6.03 Å². The summed E-state index contributed by atoms with van der Waals surface area (Å²) in [4.78, 5) is 11.6. The minimum Gasteiger partial charge on any atom is -0.352 e. The van der Waals surface area contributed by atoms with Gasteiger partial charge in [-0.25, -0.2) is 4.79 Å². The third-order valence-electron chi connectivity index (χ3n) is 1.65. The quantitative estimate of drug-likeness (QED) is 0.721. The number of primary amides is 1. The maximum atomic E-state index is 10.5. The molecule has 0 fully saturated rings. The number of carbonyl (C=O) groups is 1. The lowest BCUT2D eigenvalue weighted by Crippen LogP contribution is -2.28. The Kier molecular flexibility index (Phi) is 3.64. The molecule has 0 atom stereocenters. The van der Waals surface area contributed by atoms with Crippen molar-refractivity contribution in [2.45, 2.75) is 11.4 Å². The summed E-state index contributed by atoms with van der Waals surface area (Å²) in [6.07, 6.45) is 2.00. The molecule has 4 heteroatoms. The second kappa shape index (κ2) is 4.77. The Bertz CT molecular complexity index is 301. The van der Waals surface area contributed by atoms with Crippen LogP contribution in [0.5, 0.6) is 0 Å². The molecule has 0 aliphatic carbocycles. The van der Waals surface area contributed by atoms with Gasteiger partial charge in [-0.3, -0.25) is 0 Å². The molecule has 0 heterocycles. The van der Waals surface area contributed by atoms with Crippen molar-refractivity contribution in [1.29, 1.82) is 0 Å². The Morgan fingerprint density at radius 2 is 2.23 bits per heavy atom. The van der Waals surface area contributed by atoms with Gasteiger partial charge in [0.25, 0.3) is 0 Å². The number of urea groups is 1. The van der Waals surface area contributed by atoms with E-state index in [1.54, 1.807) is 11.8 Å².